The number of aryl methyl sites for hydroxylation is 5. The molecule has 0 nitrogen and oxygen atoms in total. The van der Waals surface area contributed by atoms with Crippen molar-refractivity contribution in [2.24, 2.45) is 0 Å². The monoisotopic (exact) mass is 326 g/mol. The standard InChI is InChI=1S/C11H17.C9H13.Fe/c1-4-9-7-10(5-2)11(6-3)8-9;1-3-8-5-6-9(4-2)7-8;/h7-8H,4-6H2,1-3H3;5-7H,3-4H2,1-2H3;/q2*-1;+2. The SMILES string of the molecule is CCc1c[cH-]c(CC)c1.CCc1cc(CC)c(CC)[cH-]1.[Fe+2]. The molecule has 0 spiro atoms. The molecule has 1 heteroatoms. The van der Waals surface area contributed by atoms with E-state index in [4.69, 9.17) is 0 Å². The van der Waals surface area contributed by atoms with Crippen LogP contribution < -0.4 is 0 Å². The van der Waals surface area contributed by atoms with E-state index in [1.807, 2.05) is 0 Å². The molecule has 0 heterocycles. The molecule has 0 aromatic heterocycles. The topological polar surface area (TPSA) is 0 Å². The zero-order valence-corrected chi connectivity index (χ0v) is 15.4. The van der Waals surface area contributed by atoms with Gasteiger partial charge in [-0.1, -0.05) is 66.7 Å². The Bertz CT molecular complexity index is 448. The van der Waals surface area contributed by atoms with Crippen LogP contribution in [0.2, 0.25) is 0 Å². The van der Waals surface area contributed by atoms with Crippen LogP contribution in [0.15, 0.2) is 30.3 Å². The third-order valence-electron chi connectivity index (χ3n) is 4.00. The number of hydrogen-bond donors (Lipinski definition) is 0. The van der Waals surface area contributed by atoms with Gasteiger partial charge in [0.25, 0.3) is 0 Å². The van der Waals surface area contributed by atoms with Crippen molar-refractivity contribution in [1.82, 2.24) is 0 Å². The van der Waals surface area contributed by atoms with Gasteiger partial charge in [0, 0.05) is 0 Å². The van der Waals surface area contributed by atoms with E-state index in [2.05, 4.69) is 65.0 Å². The van der Waals surface area contributed by atoms with E-state index in [1.54, 1.807) is 11.1 Å². The second kappa shape index (κ2) is 10.9. The van der Waals surface area contributed by atoms with Crippen LogP contribution in [0.5, 0.6) is 0 Å². The Morgan fingerprint density at radius 3 is 1.76 bits per heavy atom. The zero-order chi connectivity index (χ0) is 15.0. The van der Waals surface area contributed by atoms with Crippen molar-refractivity contribution in [2.75, 3.05) is 0 Å². The van der Waals surface area contributed by atoms with Gasteiger partial charge in [-0.05, 0) is 0 Å². The summed E-state index contributed by atoms with van der Waals surface area (Å²) in [6, 6.07) is 11.4. The van der Waals surface area contributed by atoms with Gasteiger partial charge >= 0.3 is 17.1 Å². The van der Waals surface area contributed by atoms with E-state index in [1.165, 1.54) is 48.8 Å². The Kier molecular flexibility index (Phi) is 10.5. The minimum absolute atomic E-state index is 0. The Morgan fingerprint density at radius 2 is 1.43 bits per heavy atom. The minimum atomic E-state index is 0. The molecule has 0 fully saturated rings. The van der Waals surface area contributed by atoms with Crippen LogP contribution in [0.3, 0.4) is 0 Å². The quantitative estimate of drug-likeness (QED) is 0.494. The van der Waals surface area contributed by atoms with Crippen LogP contribution in [0, 0.1) is 0 Å². The average molecular weight is 326 g/mol. The second-order valence-electron chi connectivity index (χ2n) is 5.31. The summed E-state index contributed by atoms with van der Waals surface area (Å²) in [6.45, 7) is 11.1. The Morgan fingerprint density at radius 1 is 0.762 bits per heavy atom. The van der Waals surface area contributed by atoms with Gasteiger partial charge in [-0.25, -0.2) is 12.1 Å². The first-order valence-corrected chi connectivity index (χ1v) is 8.20. The van der Waals surface area contributed by atoms with Gasteiger partial charge in [0.2, 0.25) is 0 Å². The molecule has 0 bridgehead atoms. The maximum atomic E-state index is 2.35. The minimum Gasteiger partial charge on any atom is -0.207 e. The molecule has 0 atom stereocenters. The Labute approximate surface area is 142 Å². The van der Waals surface area contributed by atoms with Crippen LogP contribution in [0.4, 0.5) is 0 Å². The molecule has 0 saturated heterocycles. The fourth-order valence-corrected chi connectivity index (χ4v) is 2.53. The van der Waals surface area contributed by atoms with Crippen molar-refractivity contribution in [3.05, 3.63) is 58.1 Å². The maximum absolute atomic E-state index is 2.35. The molecule has 2 rings (SSSR count). The summed E-state index contributed by atoms with van der Waals surface area (Å²) in [4.78, 5) is 0. The molecule has 2 aromatic carbocycles. The van der Waals surface area contributed by atoms with E-state index in [-0.39, 0.29) is 17.1 Å². The molecule has 0 aliphatic rings. The molecule has 2 aromatic rings. The summed E-state index contributed by atoms with van der Waals surface area (Å²) in [7, 11) is 0. The van der Waals surface area contributed by atoms with Crippen LogP contribution >= 0.6 is 0 Å². The summed E-state index contributed by atoms with van der Waals surface area (Å²) in [6.07, 6.45) is 5.87. The summed E-state index contributed by atoms with van der Waals surface area (Å²) in [5.41, 5.74) is 7.52. The summed E-state index contributed by atoms with van der Waals surface area (Å²) in [5.74, 6) is 0. The van der Waals surface area contributed by atoms with Crippen molar-refractivity contribution in [1.29, 1.82) is 0 Å². The van der Waals surface area contributed by atoms with Crippen molar-refractivity contribution in [3.8, 4) is 0 Å². The van der Waals surface area contributed by atoms with Crippen LogP contribution in [-0.4, -0.2) is 0 Å². The van der Waals surface area contributed by atoms with Crippen LogP contribution in [-0.2, 0) is 49.2 Å². The van der Waals surface area contributed by atoms with Crippen molar-refractivity contribution < 1.29 is 17.1 Å². The van der Waals surface area contributed by atoms with Gasteiger partial charge in [0.05, 0.1) is 0 Å². The first-order valence-electron chi connectivity index (χ1n) is 8.20. The molecule has 0 N–H and O–H groups in total. The van der Waals surface area contributed by atoms with Gasteiger partial charge in [0.15, 0.2) is 0 Å². The second-order valence-corrected chi connectivity index (χ2v) is 5.31. The molecule has 0 unspecified atom stereocenters. The van der Waals surface area contributed by atoms with Gasteiger partial charge in [-0.3, -0.25) is 0 Å². The predicted octanol–water partition coefficient (Wildman–Crippen LogP) is 5.62. The Hall–Kier alpha value is -0.781. The largest absolute Gasteiger partial charge is 2.00 e. The van der Waals surface area contributed by atoms with Crippen LogP contribution in [0.1, 0.15) is 62.4 Å². The van der Waals surface area contributed by atoms with E-state index in [9.17, 15) is 0 Å². The summed E-state index contributed by atoms with van der Waals surface area (Å²) < 4.78 is 0. The van der Waals surface area contributed by atoms with Crippen LogP contribution in [0.25, 0.3) is 0 Å². The molecule has 118 valence electrons. The predicted molar refractivity (Wildman–Crippen MR) is 91.0 cm³/mol. The molecular formula is C20H30Fe. The maximum Gasteiger partial charge on any atom is 2.00 e. The normalized spacial score (nSPS) is 9.76. The third-order valence-corrected chi connectivity index (χ3v) is 4.00. The van der Waals surface area contributed by atoms with E-state index in [0.29, 0.717) is 0 Å². The number of rotatable bonds is 5. The first kappa shape index (κ1) is 20.2. The van der Waals surface area contributed by atoms with Crippen molar-refractivity contribution in [3.63, 3.8) is 0 Å². The molecule has 0 amide bonds. The molecule has 21 heavy (non-hydrogen) atoms. The number of hydrogen-bond acceptors (Lipinski definition) is 0. The molecule has 0 saturated carbocycles. The van der Waals surface area contributed by atoms with Crippen molar-refractivity contribution in [2.45, 2.75) is 66.7 Å². The molecule has 0 radical (unpaired) electrons. The summed E-state index contributed by atoms with van der Waals surface area (Å²) >= 11 is 0. The smallest absolute Gasteiger partial charge is 0.207 e. The first-order chi connectivity index (χ1) is 9.68. The fraction of sp³-hybridized carbons (Fsp3) is 0.500. The molecular weight excluding hydrogens is 296 g/mol. The molecule has 0 aliphatic carbocycles. The van der Waals surface area contributed by atoms with Gasteiger partial charge in [-0.2, -0.15) is 46.0 Å². The van der Waals surface area contributed by atoms with E-state index in [0.717, 1.165) is 0 Å². The van der Waals surface area contributed by atoms with Gasteiger partial charge < -0.3 is 0 Å². The molecule has 0 aliphatic heterocycles. The third kappa shape index (κ3) is 6.24. The van der Waals surface area contributed by atoms with Crippen molar-refractivity contribution >= 4 is 0 Å². The Balaban J connectivity index is 0.000000370. The zero-order valence-electron chi connectivity index (χ0n) is 14.3. The average Bonchev–Trinajstić information content (AvgIpc) is 3.13. The van der Waals surface area contributed by atoms with Gasteiger partial charge in [0.1, 0.15) is 0 Å². The van der Waals surface area contributed by atoms with E-state index < -0.39 is 0 Å². The van der Waals surface area contributed by atoms with E-state index >= 15 is 0 Å². The summed E-state index contributed by atoms with van der Waals surface area (Å²) in [5, 5.41) is 0. The van der Waals surface area contributed by atoms with Gasteiger partial charge in [-0.15, -0.1) is 0 Å². The fourth-order valence-electron chi connectivity index (χ4n) is 2.53.